The van der Waals surface area contributed by atoms with Gasteiger partial charge in [-0.05, 0) is 29.0 Å². The Morgan fingerprint density at radius 1 is 1.19 bits per heavy atom. The van der Waals surface area contributed by atoms with Crippen LogP contribution in [0.15, 0.2) is 35.5 Å². The summed E-state index contributed by atoms with van der Waals surface area (Å²) in [6.07, 6.45) is 1.24. The van der Waals surface area contributed by atoms with E-state index in [0.29, 0.717) is 11.6 Å². The topological polar surface area (TPSA) is 101 Å². The van der Waals surface area contributed by atoms with Gasteiger partial charge in [-0.1, -0.05) is 50.2 Å². The Morgan fingerprint density at radius 3 is 2.58 bits per heavy atom. The molecule has 11 heteroatoms. The third-order valence-corrected chi connectivity index (χ3v) is 7.11. The van der Waals surface area contributed by atoms with E-state index < -0.39 is 16.3 Å². The van der Waals surface area contributed by atoms with Crippen molar-refractivity contribution in [2.75, 3.05) is 12.4 Å². The van der Waals surface area contributed by atoms with E-state index in [4.69, 9.17) is 0 Å². The minimum absolute atomic E-state index is 0.0644. The summed E-state index contributed by atoms with van der Waals surface area (Å²) in [6, 6.07) is 8.65. The number of likely N-dealkylation sites (N-methyl/N-ethyl adjacent to an activating group) is 1. The first-order valence-corrected chi connectivity index (χ1v) is 10.7. The van der Waals surface area contributed by atoms with Gasteiger partial charge >= 0.3 is 10.2 Å². The van der Waals surface area contributed by atoms with Crippen LogP contribution in [0.5, 0.6) is 0 Å². The van der Waals surface area contributed by atoms with Crippen LogP contribution >= 0.6 is 11.8 Å². The Balaban J connectivity index is 1.80. The molecule has 140 valence electrons. The summed E-state index contributed by atoms with van der Waals surface area (Å²) < 4.78 is 29.1. The van der Waals surface area contributed by atoms with Gasteiger partial charge in [0.25, 0.3) is 5.91 Å². The van der Waals surface area contributed by atoms with Crippen molar-refractivity contribution in [2.45, 2.75) is 37.9 Å². The molecule has 0 N–H and O–H groups in total. The van der Waals surface area contributed by atoms with Crippen LogP contribution in [0.25, 0.3) is 5.69 Å². The van der Waals surface area contributed by atoms with Crippen LogP contribution in [-0.2, 0) is 15.0 Å². The molecule has 2 heterocycles. The number of carbonyl (C=O) groups excluding carboxylic acids is 1. The van der Waals surface area contributed by atoms with E-state index in [1.165, 1.54) is 8.99 Å². The number of rotatable bonds is 7. The molecule has 1 unspecified atom stereocenters. The zero-order valence-corrected chi connectivity index (χ0v) is 16.2. The van der Waals surface area contributed by atoms with Gasteiger partial charge in [0.05, 0.1) is 11.6 Å². The monoisotopic (exact) mass is 396 g/mol. The Kier molecular flexibility index (Phi) is 5.58. The number of para-hydroxylation sites is 1. The second-order valence-electron chi connectivity index (χ2n) is 5.68. The molecule has 0 saturated carbocycles. The Morgan fingerprint density at radius 2 is 1.92 bits per heavy atom. The summed E-state index contributed by atoms with van der Waals surface area (Å²) in [5.41, 5.74) is 0.759. The van der Waals surface area contributed by atoms with Crippen LogP contribution in [0, 0.1) is 0 Å². The Bertz CT molecular complexity index is 871. The highest BCUT2D eigenvalue weighted by Crippen LogP contribution is 2.30. The summed E-state index contributed by atoms with van der Waals surface area (Å²) in [5.74, 6) is -0.453. The summed E-state index contributed by atoms with van der Waals surface area (Å²) in [7, 11) is -3.81. The van der Waals surface area contributed by atoms with Gasteiger partial charge < -0.3 is 0 Å². The van der Waals surface area contributed by atoms with Gasteiger partial charge in [-0.15, -0.1) is 5.10 Å². The molecule has 1 aliphatic rings. The lowest BCUT2D eigenvalue weighted by molar-refractivity contribution is -0.127. The standard InChI is InChI=1S/C15H20N6O3S2/c1-3-8-13-14(22)20(26(23,24)19(13)4-2)11-25-15-16-17-18-21(15)12-9-6-5-7-10-12/h5-7,9-10,13H,3-4,8,11H2,1-2H3. The Hall–Kier alpha value is -1.98. The van der Waals surface area contributed by atoms with E-state index in [2.05, 4.69) is 15.5 Å². The van der Waals surface area contributed by atoms with Gasteiger partial charge in [0.2, 0.25) is 5.16 Å². The predicted molar refractivity (Wildman–Crippen MR) is 96.7 cm³/mol. The second kappa shape index (κ2) is 7.72. The number of thioether (sulfide) groups is 1. The predicted octanol–water partition coefficient (Wildman–Crippen LogP) is 1.29. The van der Waals surface area contributed by atoms with Crippen LogP contribution < -0.4 is 0 Å². The molecule has 0 aliphatic carbocycles. The maximum absolute atomic E-state index is 12.7. The number of tetrazole rings is 1. The first-order valence-electron chi connectivity index (χ1n) is 8.30. The molecular weight excluding hydrogens is 376 g/mol. The highest BCUT2D eigenvalue weighted by Gasteiger charge is 2.49. The number of aromatic nitrogens is 4. The fourth-order valence-corrected chi connectivity index (χ4v) is 5.72. The summed E-state index contributed by atoms with van der Waals surface area (Å²) >= 11 is 1.11. The molecule has 26 heavy (non-hydrogen) atoms. The second-order valence-corrected chi connectivity index (χ2v) is 8.40. The molecule has 1 aromatic heterocycles. The molecule has 0 bridgehead atoms. The van der Waals surface area contributed by atoms with Crippen molar-refractivity contribution in [1.82, 2.24) is 28.8 Å². The van der Waals surface area contributed by atoms with Gasteiger partial charge in [0.15, 0.2) is 0 Å². The van der Waals surface area contributed by atoms with E-state index >= 15 is 0 Å². The van der Waals surface area contributed by atoms with Gasteiger partial charge in [-0.3, -0.25) is 4.79 Å². The zero-order valence-electron chi connectivity index (χ0n) is 14.5. The van der Waals surface area contributed by atoms with Crippen molar-refractivity contribution in [3.63, 3.8) is 0 Å². The Labute approximate surface area is 156 Å². The summed E-state index contributed by atoms with van der Waals surface area (Å²) in [6.45, 7) is 3.93. The van der Waals surface area contributed by atoms with Gasteiger partial charge in [0.1, 0.15) is 6.04 Å². The molecule has 1 amide bonds. The lowest BCUT2D eigenvalue weighted by atomic mass is 10.1. The third-order valence-electron chi connectivity index (χ3n) is 4.08. The maximum Gasteiger partial charge on any atom is 0.307 e. The fourth-order valence-electron chi connectivity index (χ4n) is 2.86. The number of hydrogen-bond donors (Lipinski definition) is 0. The van der Waals surface area contributed by atoms with Crippen molar-refractivity contribution < 1.29 is 13.2 Å². The summed E-state index contributed by atoms with van der Waals surface area (Å²) in [5, 5.41) is 11.9. The first kappa shape index (κ1) is 18.8. The molecule has 1 aromatic carbocycles. The average Bonchev–Trinajstić information content (AvgIpc) is 3.16. The lowest BCUT2D eigenvalue weighted by Gasteiger charge is -2.18. The average molecular weight is 396 g/mol. The molecule has 3 rings (SSSR count). The van der Waals surface area contributed by atoms with Crippen LogP contribution in [0.1, 0.15) is 26.7 Å². The third kappa shape index (κ3) is 3.33. The highest BCUT2D eigenvalue weighted by molar-refractivity contribution is 8.00. The normalized spacial score (nSPS) is 20.0. The fraction of sp³-hybridized carbons (Fsp3) is 0.467. The number of carbonyl (C=O) groups is 1. The molecule has 1 atom stereocenters. The zero-order chi connectivity index (χ0) is 18.7. The SMILES string of the molecule is CCCC1C(=O)N(CSc2nnnn2-c2ccccc2)S(=O)(=O)N1CC. The number of hydrogen-bond acceptors (Lipinski definition) is 7. The van der Waals surface area contributed by atoms with Crippen molar-refractivity contribution in [3.05, 3.63) is 30.3 Å². The smallest absolute Gasteiger partial charge is 0.272 e. The number of nitrogens with zero attached hydrogens (tertiary/aromatic N) is 6. The first-order chi connectivity index (χ1) is 12.5. The molecule has 0 spiro atoms. The van der Waals surface area contributed by atoms with Crippen molar-refractivity contribution in [2.24, 2.45) is 0 Å². The molecule has 2 aromatic rings. The van der Waals surface area contributed by atoms with Crippen LogP contribution in [0.2, 0.25) is 0 Å². The van der Waals surface area contributed by atoms with E-state index in [1.54, 1.807) is 6.92 Å². The molecule has 1 aliphatic heterocycles. The van der Waals surface area contributed by atoms with Crippen LogP contribution in [0.4, 0.5) is 0 Å². The lowest BCUT2D eigenvalue weighted by Crippen LogP contribution is -2.35. The van der Waals surface area contributed by atoms with Crippen LogP contribution in [-0.4, -0.2) is 61.6 Å². The minimum Gasteiger partial charge on any atom is -0.272 e. The minimum atomic E-state index is -3.81. The van der Waals surface area contributed by atoms with E-state index in [-0.39, 0.29) is 18.3 Å². The van der Waals surface area contributed by atoms with Crippen molar-refractivity contribution >= 4 is 27.9 Å². The molecule has 1 saturated heterocycles. The number of benzene rings is 1. The largest absolute Gasteiger partial charge is 0.307 e. The van der Waals surface area contributed by atoms with Gasteiger partial charge in [0, 0.05) is 6.54 Å². The molecule has 1 fully saturated rings. The molecule has 0 radical (unpaired) electrons. The van der Waals surface area contributed by atoms with E-state index in [1.807, 2.05) is 37.3 Å². The van der Waals surface area contributed by atoms with E-state index in [9.17, 15) is 13.2 Å². The highest BCUT2D eigenvalue weighted by atomic mass is 32.2. The van der Waals surface area contributed by atoms with E-state index in [0.717, 1.165) is 28.2 Å². The number of amides is 1. The van der Waals surface area contributed by atoms with Gasteiger partial charge in [-0.25, -0.2) is 4.31 Å². The van der Waals surface area contributed by atoms with Crippen molar-refractivity contribution in [1.29, 1.82) is 0 Å². The van der Waals surface area contributed by atoms with Crippen molar-refractivity contribution in [3.8, 4) is 5.69 Å². The summed E-state index contributed by atoms with van der Waals surface area (Å²) in [4.78, 5) is 12.6. The maximum atomic E-state index is 12.7. The van der Waals surface area contributed by atoms with Gasteiger partial charge in [-0.2, -0.15) is 17.4 Å². The quantitative estimate of drug-likeness (QED) is 0.650. The molecule has 9 nitrogen and oxygen atoms in total. The van der Waals surface area contributed by atoms with Crippen LogP contribution in [0.3, 0.4) is 0 Å². The molecular formula is C15H20N6O3S2.